The summed E-state index contributed by atoms with van der Waals surface area (Å²) in [6.07, 6.45) is 1.48. The summed E-state index contributed by atoms with van der Waals surface area (Å²) in [7, 11) is 3.12. The van der Waals surface area contributed by atoms with Gasteiger partial charge < -0.3 is 9.47 Å². The molecule has 0 aliphatic rings. The zero-order chi connectivity index (χ0) is 13.8. The molecule has 0 spiro atoms. The van der Waals surface area contributed by atoms with E-state index in [4.69, 9.17) is 9.47 Å². The van der Waals surface area contributed by atoms with Gasteiger partial charge in [0, 0.05) is 13.2 Å². The van der Waals surface area contributed by atoms with Crippen molar-refractivity contribution in [2.75, 3.05) is 14.2 Å². The standard InChI is InChI=1S/C13H19NO4/c1-5-13(6-2,18-4)10-7-11(14(15)16)9-12(8-10)17-3/h7-9H,5-6H2,1-4H3. The van der Waals surface area contributed by atoms with Crippen LogP contribution in [0.1, 0.15) is 32.3 Å². The summed E-state index contributed by atoms with van der Waals surface area (Å²) in [6.45, 7) is 4.00. The van der Waals surface area contributed by atoms with Crippen LogP contribution in [-0.4, -0.2) is 19.1 Å². The molecule has 5 nitrogen and oxygen atoms in total. The third kappa shape index (κ3) is 2.61. The minimum absolute atomic E-state index is 0.0210. The van der Waals surface area contributed by atoms with Gasteiger partial charge in [-0.05, 0) is 24.5 Å². The lowest BCUT2D eigenvalue weighted by atomic mass is 9.88. The Morgan fingerprint density at radius 3 is 2.22 bits per heavy atom. The number of rotatable bonds is 6. The van der Waals surface area contributed by atoms with E-state index in [2.05, 4.69) is 0 Å². The van der Waals surface area contributed by atoms with Crippen molar-refractivity contribution in [3.63, 3.8) is 0 Å². The number of non-ortho nitro benzene ring substituents is 1. The molecule has 0 amide bonds. The van der Waals surface area contributed by atoms with Crippen molar-refractivity contribution in [3.8, 4) is 5.75 Å². The summed E-state index contributed by atoms with van der Waals surface area (Å²) < 4.78 is 10.7. The van der Waals surface area contributed by atoms with Crippen LogP contribution in [0.15, 0.2) is 18.2 Å². The molecule has 0 aliphatic heterocycles. The molecule has 0 unspecified atom stereocenters. The maximum atomic E-state index is 10.9. The predicted molar refractivity (Wildman–Crippen MR) is 68.9 cm³/mol. The highest BCUT2D eigenvalue weighted by atomic mass is 16.6. The molecular weight excluding hydrogens is 234 g/mol. The summed E-state index contributed by atoms with van der Waals surface area (Å²) in [5.74, 6) is 0.475. The monoisotopic (exact) mass is 253 g/mol. The van der Waals surface area contributed by atoms with E-state index in [-0.39, 0.29) is 5.69 Å². The minimum atomic E-state index is -0.501. The lowest BCUT2D eigenvalue weighted by Crippen LogP contribution is -2.26. The number of nitrogens with zero attached hydrogens (tertiary/aromatic N) is 1. The number of hydrogen-bond donors (Lipinski definition) is 0. The molecule has 0 radical (unpaired) electrons. The molecular formula is C13H19NO4. The van der Waals surface area contributed by atoms with Crippen LogP contribution in [0.2, 0.25) is 0 Å². The van der Waals surface area contributed by atoms with Crippen LogP contribution in [-0.2, 0) is 10.3 Å². The largest absolute Gasteiger partial charge is 0.496 e. The Hall–Kier alpha value is -1.62. The van der Waals surface area contributed by atoms with E-state index in [1.54, 1.807) is 19.2 Å². The number of ether oxygens (including phenoxy) is 2. The smallest absolute Gasteiger partial charge is 0.273 e. The Balaban J connectivity index is 3.38. The Morgan fingerprint density at radius 2 is 1.83 bits per heavy atom. The Kier molecular flexibility index (Phi) is 4.67. The lowest BCUT2D eigenvalue weighted by Gasteiger charge is -2.30. The molecule has 1 aromatic carbocycles. The molecule has 18 heavy (non-hydrogen) atoms. The molecule has 0 bridgehead atoms. The Morgan fingerprint density at radius 1 is 1.22 bits per heavy atom. The molecule has 0 heterocycles. The van der Waals surface area contributed by atoms with Crippen LogP contribution in [0.5, 0.6) is 5.75 Å². The van der Waals surface area contributed by atoms with Gasteiger partial charge in [0.05, 0.1) is 23.7 Å². The SMILES string of the molecule is CCC(CC)(OC)c1cc(OC)cc([N+](=O)[O-])c1. The Labute approximate surface area is 107 Å². The number of hydrogen-bond acceptors (Lipinski definition) is 4. The molecule has 0 saturated heterocycles. The van der Waals surface area contributed by atoms with Crippen molar-refractivity contribution in [2.24, 2.45) is 0 Å². The number of nitro groups is 1. The quantitative estimate of drug-likeness (QED) is 0.576. The van der Waals surface area contributed by atoms with Crippen LogP contribution < -0.4 is 4.74 Å². The van der Waals surface area contributed by atoms with Crippen molar-refractivity contribution in [2.45, 2.75) is 32.3 Å². The number of nitro benzene ring substituents is 1. The summed E-state index contributed by atoms with van der Waals surface area (Å²) in [5.41, 5.74) is 0.299. The van der Waals surface area contributed by atoms with Crippen molar-refractivity contribution in [1.82, 2.24) is 0 Å². The van der Waals surface area contributed by atoms with Crippen molar-refractivity contribution < 1.29 is 14.4 Å². The van der Waals surface area contributed by atoms with E-state index in [1.165, 1.54) is 13.2 Å². The van der Waals surface area contributed by atoms with Gasteiger partial charge in [-0.25, -0.2) is 0 Å². The van der Waals surface area contributed by atoms with E-state index < -0.39 is 10.5 Å². The van der Waals surface area contributed by atoms with Gasteiger partial charge in [0.1, 0.15) is 5.75 Å². The molecule has 0 fully saturated rings. The number of benzene rings is 1. The highest BCUT2D eigenvalue weighted by molar-refractivity contribution is 5.45. The molecule has 1 aromatic rings. The van der Waals surface area contributed by atoms with Crippen molar-refractivity contribution in [1.29, 1.82) is 0 Å². The molecule has 0 aromatic heterocycles. The van der Waals surface area contributed by atoms with Crippen LogP contribution in [0, 0.1) is 10.1 Å². The normalized spacial score (nSPS) is 11.3. The third-order valence-corrected chi connectivity index (χ3v) is 3.40. The molecule has 0 aliphatic carbocycles. The predicted octanol–water partition coefficient (Wildman–Crippen LogP) is 3.27. The second-order valence-corrected chi connectivity index (χ2v) is 4.08. The zero-order valence-corrected chi connectivity index (χ0v) is 11.2. The average molecular weight is 253 g/mol. The first-order chi connectivity index (χ1) is 8.52. The topological polar surface area (TPSA) is 61.6 Å². The summed E-state index contributed by atoms with van der Waals surface area (Å²) >= 11 is 0. The van der Waals surface area contributed by atoms with Gasteiger partial charge in [-0.3, -0.25) is 10.1 Å². The minimum Gasteiger partial charge on any atom is -0.496 e. The molecule has 0 N–H and O–H groups in total. The van der Waals surface area contributed by atoms with E-state index in [0.29, 0.717) is 5.75 Å². The third-order valence-electron chi connectivity index (χ3n) is 3.40. The van der Waals surface area contributed by atoms with E-state index in [1.807, 2.05) is 13.8 Å². The average Bonchev–Trinajstić information content (AvgIpc) is 2.41. The first-order valence-corrected chi connectivity index (χ1v) is 5.92. The lowest BCUT2D eigenvalue weighted by molar-refractivity contribution is -0.385. The van der Waals surface area contributed by atoms with E-state index >= 15 is 0 Å². The first kappa shape index (κ1) is 14.4. The van der Waals surface area contributed by atoms with Gasteiger partial charge in [-0.15, -0.1) is 0 Å². The highest BCUT2D eigenvalue weighted by Crippen LogP contribution is 2.36. The van der Waals surface area contributed by atoms with Gasteiger partial charge in [-0.1, -0.05) is 13.8 Å². The van der Waals surface area contributed by atoms with E-state index in [0.717, 1.165) is 18.4 Å². The summed E-state index contributed by atoms with van der Waals surface area (Å²) in [4.78, 5) is 10.5. The van der Waals surface area contributed by atoms with Crippen LogP contribution in [0.4, 0.5) is 5.69 Å². The second kappa shape index (κ2) is 5.82. The maximum absolute atomic E-state index is 10.9. The van der Waals surface area contributed by atoms with Gasteiger partial charge in [0.15, 0.2) is 0 Å². The summed E-state index contributed by atoms with van der Waals surface area (Å²) in [5, 5.41) is 10.9. The fourth-order valence-electron chi connectivity index (χ4n) is 2.13. The Bertz CT molecular complexity index is 419. The first-order valence-electron chi connectivity index (χ1n) is 5.92. The molecule has 0 atom stereocenters. The molecule has 1 rings (SSSR count). The zero-order valence-electron chi connectivity index (χ0n) is 11.2. The highest BCUT2D eigenvalue weighted by Gasteiger charge is 2.30. The van der Waals surface area contributed by atoms with Crippen LogP contribution in [0.3, 0.4) is 0 Å². The second-order valence-electron chi connectivity index (χ2n) is 4.08. The van der Waals surface area contributed by atoms with Crippen molar-refractivity contribution in [3.05, 3.63) is 33.9 Å². The van der Waals surface area contributed by atoms with Gasteiger partial charge >= 0.3 is 0 Å². The van der Waals surface area contributed by atoms with Crippen molar-refractivity contribution >= 4 is 5.69 Å². The van der Waals surface area contributed by atoms with Gasteiger partial charge in [0.25, 0.3) is 5.69 Å². The van der Waals surface area contributed by atoms with Crippen LogP contribution in [0.25, 0.3) is 0 Å². The summed E-state index contributed by atoms with van der Waals surface area (Å²) in [6, 6.07) is 4.76. The van der Waals surface area contributed by atoms with Gasteiger partial charge in [-0.2, -0.15) is 0 Å². The van der Waals surface area contributed by atoms with Gasteiger partial charge in [0.2, 0.25) is 0 Å². The number of methoxy groups -OCH3 is 2. The maximum Gasteiger partial charge on any atom is 0.273 e. The molecule has 0 saturated carbocycles. The fourth-order valence-corrected chi connectivity index (χ4v) is 2.13. The molecule has 5 heteroatoms. The van der Waals surface area contributed by atoms with Crippen LogP contribution >= 0.6 is 0 Å². The fraction of sp³-hybridized carbons (Fsp3) is 0.538. The van der Waals surface area contributed by atoms with E-state index in [9.17, 15) is 10.1 Å². The molecule has 100 valence electrons.